The van der Waals surface area contributed by atoms with E-state index in [-0.39, 0.29) is 0 Å². The van der Waals surface area contributed by atoms with Crippen molar-refractivity contribution in [1.29, 1.82) is 0 Å². The molecule has 0 aliphatic heterocycles. The van der Waals surface area contributed by atoms with Gasteiger partial charge in [0, 0.05) is 0 Å². The summed E-state index contributed by atoms with van der Waals surface area (Å²) in [7, 11) is 0. The molecule has 1 aliphatic rings. The fourth-order valence-electron chi connectivity index (χ4n) is 2.01. The summed E-state index contributed by atoms with van der Waals surface area (Å²) >= 11 is 0. The van der Waals surface area contributed by atoms with Crippen LogP contribution in [0.15, 0.2) is 18.2 Å². The van der Waals surface area contributed by atoms with Gasteiger partial charge in [0.15, 0.2) is 11.6 Å². The molecule has 2 heteroatoms. The van der Waals surface area contributed by atoms with Crippen LogP contribution in [0.1, 0.15) is 37.2 Å². The molecule has 0 amide bonds. The highest BCUT2D eigenvalue weighted by Gasteiger charge is 2.16. The lowest BCUT2D eigenvalue weighted by atomic mass is 9.84. The van der Waals surface area contributed by atoms with Crippen LogP contribution in [-0.2, 0) is 0 Å². The first-order valence-electron chi connectivity index (χ1n) is 5.04. The van der Waals surface area contributed by atoms with Gasteiger partial charge in [-0.3, -0.25) is 0 Å². The standard InChI is InChI=1S/C12H13F2/c13-11-7-6-10(8-12(11)14)9-4-2-1-3-5-9/h2,6-9H,1,3-5H2. The van der Waals surface area contributed by atoms with Crippen LogP contribution < -0.4 is 0 Å². The molecule has 0 aromatic heterocycles. The Bertz CT molecular complexity index is 314. The highest BCUT2D eigenvalue weighted by molar-refractivity contribution is 5.22. The average molecular weight is 195 g/mol. The number of hydrogen-bond donors (Lipinski definition) is 0. The van der Waals surface area contributed by atoms with E-state index in [2.05, 4.69) is 6.42 Å². The molecule has 2 rings (SSSR count). The van der Waals surface area contributed by atoms with E-state index < -0.39 is 11.6 Å². The summed E-state index contributed by atoms with van der Waals surface area (Å²) in [5.41, 5.74) is 0.930. The predicted molar refractivity (Wildman–Crippen MR) is 51.9 cm³/mol. The SMILES string of the molecule is Fc1ccc(C2C[CH]CCC2)cc1F. The van der Waals surface area contributed by atoms with Crippen LogP contribution >= 0.6 is 0 Å². The normalized spacial score (nSPS) is 18.4. The van der Waals surface area contributed by atoms with E-state index in [1.54, 1.807) is 6.07 Å². The third-order valence-electron chi connectivity index (χ3n) is 2.83. The molecule has 1 aliphatic carbocycles. The summed E-state index contributed by atoms with van der Waals surface area (Å²) in [6.45, 7) is 0. The van der Waals surface area contributed by atoms with E-state index in [0.29, 0.717) is 5.92 Å². The summed E-state index contributed by atoms with van der Waals surface area (Å²) in [6, 6.07) is 4.25. The van der Waals surface area contributed by atoms with Gasteiger partial charge in [0.25, 0.3) is 0 Å². The van der Waals surface area contributed by atoms with Gasteiger partial charge in [0.1, 0.15) is 0 Å². The number of halogens is 2. The zero-order chi connectivity index (χ0) is 9.97. The summed E-state index contributed by atoms with van der Waals surface area (Å²) in [4.78, 5) is 0. The van der Waals surface area contributed by atoms with E-state index in [1.165, 1.54) is 12.1 Å². The Morgan fingerprint density at radius 1 is 1.14 bits per heavy atom. The molecule has 0 saturated heterocycles. The van der Waals surface area contributed by atoms with Crippen LogP contribution in [0.5, 0.6) is 0 Å². The van der Waals surface area contributed by atoms with Crippen LogP contribution in [0.3, 0.4) is 0 Å². The molecule has 1 atom stereocenters. The number of benzene rings is 1. The van der Waals surface area contributed by atoms with Gasteiger partial charge >= 0.3 is 0 Å². The lowest BCUT2D eigenvalue weighted by Gasteiger charge is -2.21. The molecular formula is C12H13F2. The van der Waals surface area contributed by atoms with Gasteiger partial charge in [-0.25, -0.2) is 8.78 Å². The van der Waals surface area contributed by atoms with Crippen molar-refractivity contribution >= 4 is 0 Å². The Morgan fingerprint density at radius 3 is 2.64 bits per heavy atom. The molecule has 1 saturated carbocycles. The Morgan fingerprint density at radius 2 is 2.00 bits per heavy atom. The lowest BCUT2D eigenvalue weighted by Crippen LogP contribution is -2.05. The van der Waals surface area contributed by atoms with Gasteiger partial charge in [0.2, 0.25) is 0 Å². The largest absolute Gasteiger partial charge is 0.204 e. The Balaban J connectivity index is 2.18. The number of hydrogen-bond acceptors (Lipinski definition) is 0. The molecule has 0 spiro atoms. The molecule has 1 aromatic rings. The second kappa shape index (κ2) is 4.07. The molecule has 1 aromatic carbocycles. The number of rotatable bonds is 1. The van der Waals surface area contributed by atoms with Gasteiger partial charge in [-0.15, -0.1) is 0 Å². The van der Waals surface area contributed by atoms with Gasteiger partial charge in [-0.05, 0) is 42.9 Å². The first-order chi connectivity index (χ1) is 6.77. The first-order valence-corrected chi connectivity index (χ1v) is 5.04. The highest BCUT2D eigenvalue weighted by atomic mass is 19.2. The Hall–Kier alpha value is -0.920. The van der Waals surface area contributed by atoms with Crippen molar-refractivity contribution in [2.24, 2.45) is 0 Å². The average Bonchev–Trinajstić information content (AvgIpc) is 2.23. The minimum Gasteiger partial charge on any atom is -0.204 e. The van der Waals surface area contributed by atoms with E-state index in [0.717, 1.165) is 31.2 Å². The van der Waals surface area contributed by atoms with Crippen LogP contribution in [-0.4, -0.2) is 0 Å². The molecule has 0 bridgehead atoms. The molecule has 1 radical (unpaired) electrons. The van der Waals surface area contributed by atoms with Crippen LogP contribution in [0, 0.1) is 18.1 Å². The fraction of sp³-hybridized carbons (Fsp3) is 0.417. The maximum atomic E-state index is 12.9. The smallest absolute Gasteiger partial charge is 0.159 e. The van der Waals surface area contributed by atoms with Crippen molar-refractivity contribution in [2.45, 2.75) is 31.6 Å². The minimum absolute atomic E-state index is 0.388. The maximum absolute atomic E-state index is 12.9. The zero-order valence-corrected chi connectivity index (χ0v) is 7.97. The fourth-order valence-corrected chi connectivity index (χ4v) is 2.01. The van der Waals surface area contributed by atoms with Crippen molar-refractivity contribution in [3.05, 3.63) is 41.8 Å². The minimum atomic E-state index is -0.756. The molecule has 14 heavy (non-hydrogen) atoms. The molecule has 1 unspecified atom stereocenters. The molecule has 1 fully saturated rings. The summed E-state index contributed by atoms with van der Waals surface area (Å²) in [5.74, 6) is -1.10. The van der Waals surface area contributed by atoms with Crippen molar-refractivity contribution < 1.29 is 8.78 Å². The van der Waals surface area contributed by atoms with E-state index in [1.807, 2.05) is 0 Å². The third-order valence-corrected chi connectivity index (χ3v) is 2.83. The molecule has 75 valence electrons. The van der Waals surface area contributed by atoms with Gasteiger partial charge in [-0.2, -0.15) is 0 Å². The van der Waals surface area contributed by atoms with Crippen LogP contribution in [0.25, 0.3) is 0 Å². The summed E-state index contributed by atoms with van der Waals surface area (Å²) in [5, 5.41) is 0. The second-order valence-electron chi connectivity index (χ2n) is 3.83. The van der Waals surface area contributed by atoms with Crippen LogP contribution in [0.2, 0.25) is 0 Å². The topological polar surface area (TPSA) is 0 Å². The third kappa shape index (κ3) is 1.94. The molecule has 0 heterocycles. The van der Waals surface area contributed by atoms with Gasteiger partial charge in [0.05, 0.1) is 0 Å². The van der Waals surface area contributed by atoms with Crippen molar-refractivity contribution in [2.75, 3.05) is 0 Å². The van der Waals surface area contributed by atoms with E-state index >= 15 is 0 Å². The Kier molecular flexibility index (Phi) is 2.80. The monoisotopic (exact) mass is 195 g/mol. The molecule has 0 N–H and O–H groups in total. The molecule has 0 nitrogen and oxygen atoms in total. The first kappa shape index (κ1) is 9.63. The van der Waals surface area contributed by atoms with E-state index in [9.17, 15) is 8.78 Å². The van der Waals surface area contributed by atoms with Gasteiger partial charge in [-0.1, -0.05) is 18.9 Å². The second-order valence-corrected chi connectivity index (χ2v) is 3.83. The van der Waals surface area contributed by atoms with Crippen molar-refractivity contribution in [3.8, 4) is 0 Å². The maximum Gasteiger partial charge on any atom is 0.159 e. The Labute approximate surface area is 82.9 Å². The predicted octanol–water partition coefficient (Wildman–Crippen LogP) is 3.83. The quantitative estimate of drug-likeness (QED) is 0.639. The van der Waals surface area contributed by atoms with Crippen molar-refractivity contribution in [3.63, 3.8) is 0 Å². The lowest BCUT2D eigenvalue weighted by molar-refractivity contribution is 0.490. The van der Waals surface area contributed by atoms with E-state index in [4.69, 9.17) is 0 Å². The van der Waals surface area contributed by atoms with Gasteiger partial charge < -0.3 is 0 Å². The molecular weight excluding hydrogens is 182 g/mol. The summed E-state index contributed by atoms with van der Waals surface area (Å²) < 4.78 is 25.6. The summed E-state index contributed by atoms with van der Waals surface area (Å²) in [6.07, 6.45) is 6.62. The zero-order valence-electron chi connectivity index (χ0n) is 7.97. The van der Waals surface area contributed by atoms with Crippen LogP contribution in [0.4, 0.5) is 8.78 Å². The highest BCUT2D eigenvalue weighted by Crippen LogP contribution is 2.32. The van der Waals surface area contributed by atoms with Crippen molar-refractivity contribution in [1.82, 2.24) is 0 Å².